The van der Waals surface area contributed by atoms with Crippen molar-refractivity contribution in [2.75, 3.05) is 14.2 Å². The topological polar surface area (TPSA) is 35.2 Å². The van der Waals surface area contributed by atoms with Crippen molar-refractivity contribution < 1.29 is 6.16 Å². The van der Waals surface area contributed by atoms with Gasteiger partial charge in [0, 0.05) is 21.7 Å². The summed E-state index contributed by atoms with van der Waals surface area (Å²) in [6.45, 7) is 7.34. The third-order valence-corrected chi connectivity index (χ3v) is 1.53. The molecule has 2 heteroatoms. The molecule has 0 aliphatic carbocycles. The standard InChI is InChI=1S/C9H10.C4H9N.C2H6O.H2/c1-2-6-9-7-4-3-5-8-9;1-3-4(2)5;1-3-2;/h2-8H,1H3;3-4H,1,5H2,2H3;1-2H3;1H/b6-2+;;;. The molecule has 0 spiro atoms. The van der Waals surface area contributed by atoms with E-state index in [0.29, 0.717) is 0 Å². The first kappa shape index (κ1) is 18.0. The monoisotopic (exact) mass is 237 g/mol. The van der Waals surface area contributed by atoms with Gasteiger partial charge in [-0.1, -0.05) is 48.6 Å². The van der Waals surface area contributed by atoms with E-state index in [9.17, 15) is 0 Å². The Morgan fingerprint density at radius 2 is 1.71 bits per heavy atom. The summed E-state index contributed by atoms with van der Waals surface area (Å²) in [5, 5.41) is 0. The average Bonchev–Trinajstić information content (AvgIpc) is 2.32. The van der Waals surface area contributed by atoms with Crippen molar-refractivity contribution in [1.29, 1.82) is 0 Å². The normalized spacial score (nSPS) is 10.6. The van der Waals surface area contributed by atoms with E-state index in [1.54, 1.807) is 20.3 Å². The lowest BCUT2D eigenvalue weighted by Gasteiger charge is -1.86. The number of benzene rings is 1. The number of hydrogen-bond acceptors (Lipinski definition) is 2. The summed E-state index contributed by atoms with van der Waals surface area (Å²) in [6.07, 6.45) is 5.81. The molecule has 0 aliphatic rings. The van der Waals surface area contributed by atoms with Crippen molar-refractivity contribution in [1.82, 2.24) is 0 Å². The first-order valence-corrected chi connectivity index (χ1v) is 5.58. The maximum atomic E-state index is 5.17. The summed E-state index contributed by atoms with van der Waals surface area (Å²) in [6, 6.07) is 10.4. The molecule has 1 rings (SSSR count). The Labute approximate surface area is 107 Å². The van der Waals surface area contributed by atoms with E-state index in [2.05, 4.69) is 29.5 Å². The van der Waals surface area contributed by atoms with Crippen molar-refractivity contribution in [2.24, 2.45) is 5.73 Å². The van der Waals surface area contributed by atoms with Gasteiger partial charge in [0.2, 0.25) is 0 Å². The van der Waals surface area contributed by atoms with Crippen LogP contribution < -0.4 is 5.73 Å². The molecule has 1 aromatic rings. The van der Waals surface area contributed by atoms with Gasteiger partial charge >= 0.3 is 0 Å². The molecule has 98 valence electrons. The minimum absolute atomic E-state index is 0. The predicted molar refractivity (Wildman–Crippen MR) is 80.0 cm³/mol. The number of rotatable bonds is 2. The van der Waals surface area contributed by atoms with E-state index in [-0.39, 0.29) is 7.47 Å². The maximum Gasteiger partial charge on any atom is 0.0351 e. The highest BCUT2D eigenvalue weighted by atomic mass is 16.4. The zero-order valence-electron chi connectivity index (χ0n) is 11.4. The van der Waals surface area contributed by atoms with Crippen LogP contribution in [0.2, 0.25) is 0 Å². The van der Waals surface area contributed by atoms with Crippen molar-refractivity contribution >= 4 is 6.08 Å². The Morgan fingerprint density at radius 1 is 1.29 bits per heavy atom. The SMILES string of the molecule is C/C=C/c1ccccc1.C=CC(C)N.COC.[HH]. The zero-order chi connectivity index (χ0) is 13.5. The molecule has 2 nitrogen and oxygen atoms in total. The molecule has 0 saturated heterocycles. The molecule has 2 N–H and O–H groups in total. The van der Waals surface area contributed by atoms with Crippen molar-refractivity contribution in [3.8, 4) is 0 Å². The number of allylic oxidation sites excluding steroid dienone is 1. The molecule has 0 bridgehead atoms. The van der Waals surface area contributed by atoms with E-state index in [4.69, 9.17) is 5.73 Å². The Balaban J connectivity index is -0.000000216. The van der Waals surface area contributed by atoms with Crippen LogP contribution in [-0.2, 0) is 4.74 Å². The summed E-state index contributed by atoms with van der Waals surface area (Å²) in [4.78, 5) is 0. The van der Waals surface area contributed by atoms with Crippen LogP contribution in [0.5, 0.6) is 0 Å². The molecule has 1 unspecified atom stereocenters. The molecule has 0 heterocycles. The molecule has 0 amide bonds. The van der Waals surface area contributed by atoms with Gasteiger partial charge in [0.05, 0.1) is 0 Å². The molecule has 0 saturated carbocycles. The minimum atomic E-state index is 0. The van der Waals surface area contributed by atoms with Gasteiger partial charge in [-0.3, -0.25) is 0 Å². The highest BCUT2D eigenvalue weighted by molar-refractivity contribution is 5.47. The molecule has 0 aliphatic heterocycles. The Morgan fingerprint density at radius 3 is 2.00 bits per heavy atom. The summed E-state index contributed by atoms with van der Waals surface area (Å²) in [7, 11) is 3.25. The van der Waals surface area contributed by atoms with Gasteiger partial charge in [-0.15, -0.1) is 6.58 Å². The van der Waals surface area contributed by atoms with Crippen LogP contribution in [0.4, 0.5) is 0 Å². The molecule has 17 heavy (non-hydrogen) atoms. The highest BCUT2D eigenvalue weighted by Crippen LogP contribution is 1.99. The fourth-order valence-corrected chi connectivity index (χ4v) is 0.757. The van der Waals surface area contributed by atoms with Crippen LogP contribution in [-0.4, -0.2) is 20.3 Å². The highest BCUT2D eigenvalue weighted by Gasteiger charge is 1.77. The number of hydrogen-bond donors (Lipinski definition) is 1. The largest absolute Gasteiger partial charge is 0.388 e. The lowest BCUT2D eigenvalue weighted by Crippen LogP contribution is -2.09. The molecule has 1 aromatic carbocycles. The fourth-order valence-electron chi connectivity index (χ4n) is 0.757. The van der Waals surface area contributed by atoms with Crippen LogP contribution in [0.15, 0.2) is 49.1 Å². The van der Waals surface area contributed by atoms with Gasteiger partial charge in [0.15, 0.2) is 0 Å². The summed E-state index contributed by atoms with van der Waals surface area (Å²) < 4.78 is 4.25. The molecule has 1 atom stereocenters. The van der Waals surface area contributed by atoms with Crippen LogP contribution in [0.3, 0.4) is 0 Å². The van der Waals surface area contributed by atoms with Gasteiger partial charge in [-0.25, -0.2) is 0 Å². The van der Waals surface area contributed by atoms with Crippen LogP contribution in [0, 0.1) is 0 Å². The quantitative estimate of drug-likeness (QED) is 0.795. The van der Waals surface area contributed by atoms with E-state index in [1.165, 1.54) is 5.56 Å². The van der Waals surface area contributed by atoms with Crippen LogP contribution in [0.25, 0.3) is 6.08 Å². The van der Waals surface area contributed by atoms with Crippen molar-refractivity contribution in [3.63, 3.8) is 0 Å². The minimum Gasteiger partial charge on any atom is -0.388 e. The van der Waals surface area contributed by atoms with Crippen LogP contribution in [0.1, 0.15) is 20.8 Å². The van der Waals surface area contributed by atoms with Gasteiger partial charge in [-0.05, 0) is 19.4 Å². The number of methoxy groups -OCH3 is 1. The number of nitrogens with two attached hydrogens (primary N) is 1. The van der Waals surface area contributed by atoms with Gasteiger partial charge < -0.3 is 10.5 Å². The van der Waals surface area contributed by atoms with E-state index in [1.807, 2.05) is 38.1 Å². The molecule has 0 fully saturated rings. The maximum absolute atomic E-state index is 5.17. The second-order valence-electron chi connectivity index (χ2n) is 3.41. The Hall–Kier alpha value is -1.38. The zero-order valence-corrected chi connectivity index (χ0v) is 11.4. The molecular formula is C15H27NO. The first-order valence-electron chi connectivity index (χ1n) is 5.58. The fraction of sp³-hybridized carbons (Fsp3) is 0.333. The van der Waals surface area contributed by atoms with Crippen molar-refractivity contribution in [3.05, 3.63) is 54.6 Å². The second kappa shape index (κ2) is 14.6. The van der Waals surface area contributed by atoms with Gasteiger partial charge in [-0.2, -0.15) is 0 Å². The van der Waals surface area contributed by atoms with E-state index < -0.39 is 0 Å². The lowest BCUT2D eigenvalue weighted by atomic mass is 10.2. The third-order valence-electron chi connectivity index (χ3n) is 1.53. The van der Waals surface area contributed by atoms with Gasteiger partial charge in [0.25, 0.3) is 0 Å². The van der Waals surface area contributed by atoms with E-state index >= 15 is 0 Å². The predicted octanol–water partition coefficient (Wildman–Crippen LogP) is 3.75. The summed E-state index contributed by atoms with van der Waals surface area (Å²) in [5.74, 6) is 0. The second-order valence-corrected chi connectivity index (χ2v) is 3.41. The van der Waals surface area contributed by atoms with Gasteiger partial charge in [0.1, 0.15) is 0 Å². The van der Waals surface area contributed by atoms with E-state index in [0.717, 1.165) is 0 Å². The summed E-state index contributed by atoms with van der Waals surface area (Å²) >= 11 is 0. The average molecular weight is 237 g/mol. The smallest absolute Gasteiger partial charge is 0.0351 e. The molecular weight excluding hydrogens is 210 g/mol. The third kappa shape index (κ3) is 17.2. The Kier molecular flexibility index (Phi) is 15.5. The Bertz CT molecular complexity index is 284. The lowest BCUT2D eigenvalue weighted by molar-refractivity contribution is 0.277. The molecule has 0 aromatic heterocycles. The first-order chi connectivity index (χ1) is 8.12. The van der Waals surface area contributed by atoms with Crippen LogP contribution >= 0.6 is 0 Å². The van der Waals surface area contributed by atoms with Crippen molar-refractivity contribution in [2.45, 2.75) is 19.9 Å². The summed E-state index contributed by atoms with van der Waals surface area (Å²) in [5.41, 5.74) is 6.44. The number of ether oxygens (including phenoxy) is 1. The molecule has 0 radical (unpaired) electrons.